The molecule has 102 valence electrons. The molecule has 0 N–H and O–H groups in total. The zero-order valence-electron chi connectivity index (χ0n) is 11.4. The average Bonchev–Trinajstić information content (AvgIpc) is 3.16. The van der Waals surface area contributed by atoms with Gasteiger partial charge in [0.05, 0.1) is 9.43 Å². The molecule has 1 nitrogen and oxygen atoms in total. The van der Waals surface area contributed by atoms with E-state index in [0.717, 1.165) is 16.0 Å². The molecular weight excluding hydrogens is 366 g/mol. The topological polar surface area (TPSA) is 3.24 Å². The van der Waals surface area contributed by atoms with Gasteiger partial charge in [-0.2, -0.15) is 0 Å². The molecule has 0 bridgehead atoms. The number of nitrogens with zero attached hydrogens (tertiary/aromatic N) is 1. The summed E-state index contributed by atoms with van der Waals surface area (Å²) < 4.78 is 1.05. The molecule has 0 saturated heterocycles. The maximum atomic E-state index is 3.54. The van der Waals surface area contributed by atoms with Crippen LogP contribution < -0.4 is 0 Å². The van der Waals surface area contributed by atoms with Crippen molar-refractivity contribution in [3.05, 3.63) is 44.9 Å². The summed E-state index contributed by atoms with van der Waals surface area (Å²) in [7, 11) is 0. The molecule has 19 heavy (non-hydrogen) atoms. The molecule has 1 unspecified atom stereocenters. The first-order chi connectivity index (χ1) is 8.99. The third kappa shape index (κ3) is 2.70. The summed E-state index contributed by atoms with van der Waals surface area (Å²) in [6.45, 7) is 5.87. The van der Waals surface area contributed by atoms with Crippen molar-refractivity contribution >= 4 is 31.9 Å². The molecule has 1 heterocycles. The van der Waals surface area contributed by atoms with E-state index in [1.165, 1.54) is 24.0 Å². The summed E-state index contributed by atoms with van der Waals surface area (Å²) in [6, 6.07) is 10.1. The molecule has 1 aliphatic carbocycles. The van der Waals surface area contributed by atoms with E-state index in [9.17, 15) is 0 Å². The van der Waals surface area contributed by atoms with E-state index in [1.807, 2.05) is 0 Å². The fourth-order valence-corrected chi connectivity index (χ4v) is 3.76. The minimum absolute atomic E-state index is 0.238. The van der Waals surface area contributed by atoms with E-state index in [4.69, 9.17) is 0 Å². The first kappa shape index (κ1) is 13.8. The van der Waals surface area contributed by atoms with Gasteiger partial charge in [0.2, 0.25) is 0 Å². The van der Waals surface area contributed by atoms with Crippen LogP contribution in [-0.4, -0.2) is 17.5 Å². The van der Waals surface area contributed by atoms with E-state index in [-0.39, 0.29) is 5.41 Å². The van der Waals surface area contributed by atoms with Gasteiger partial charge in [0.1, 0.15) is 0 Å². The fourth-order valence-electron chi connectivity index (χ4n) is 3.26. The number of rotatable bonds is 2. The van der Waals surface area contributed by atoms with Crippen molar-refractivity contribution in [1.82, 2.24) is 4.90 Å². The monoisotopic (exact) mass is 383 g/mol. The SMILES string of the molecule is CC1(C)CN(C2CC2)C(C=C(Br)Br)c2ccccc21. The third-order valence-corrected chi connectivity index (χ3v) is 4.77. The molecule has 3 rings (SSSR count). The third-order valence-electron chi connectivity index (χ3n) is 4.24. The second-order valence-electron chi connectivity index (χ2n) is 6.28. The summed E-state index contributed by atoms with van der Waals surface area (Å²) in [5.74, 6) is 0. The number of hydrogen-bond acceptors (Lipinski definition) is 1. The molecule has 2 aliphatic rings. The Hall–Kier alpha value is -0.120. The zero-order valence-corrected chi connectivity index (χ0v) is 14.5. The van der Waals surface area contributed by atoms with Crippen molar-refractivity contribution in [3.63, 3.8) is 0 Å². The summed E-state index contributed by atoms with van der Waals surface area (Å²) >= 11 is 7.08. The highest BCUT2D eigenvalue weighted by Gasteiger charge is 2.42. The van der Waals surface area contributed by atoms with Crippen LogP contribution in [0.4, 0.5) is 0 Å². The predicted molar refractivity (Wildman–Crippen MR) is 87.9 cm³/mol. The molecule has 0 amide bonds. The van der Waals surface area contributed by atoms with Crippen molar-refractivity contribution in [1.29, 1.82) is 0 Å². The maximum absolute atomic E-state index is 3.54. The first-order valence-electron chi connectivity index (χ1n) is 6.87. The Kier molecular flexibility index (Phi) is 3.65. The predicted octanol–water partition coefficient (Wildman–Crippen LogP) is 5.11. The van der Waals surface area contributed by atoms with Gasteiger partial charge in [-0.3, -0.25) is 4.90 Å². The molecule has 1 atom stereocenters. The van der Waals surface area contributed by atoms with E-state index in [2.05, 4.69) is 80.9 Å². The smallest absolute Gasteiger partial charge is 0.0583 e. The van der Waals surface area contributed by atoms with Gasteiger partial charge >= 0.3 is 0 Å². The van der Waals surface area contributed by atoms with Crippen LogP contribution in [0, 0.1) is 0 Å². The zero-order chi connectivity index (χ0) is 13.6. The van der Waals surface area contributed by atoms with Crippen molar-refractivity contribution in [2.45, 2.75) is 44.2 Å². The Morgan fingerprint density at radius 2 is 1.95 bits per heavy atom. The fraction of sp³-hybridized carbons (Fsp3) is 0.500. The molecule has 1 saturated carbocycles. The summed E-state index contributed by atoms with van der Waals surface area (Å²) in [6.07, 6.45) is 4.98. The van der Waals surface area contributed by atoms with Gasteiger partial charge in [-0.1, -0.05) is 38.1 Å². The van der Waals surface area contributed by atoms with Crippen LogP contribution in [0.1, 0.15) is 43.9 Å². The van der Waals surface area contributed by atoms with Gasteiger partial charge in [-0.05, 0) is 61.9 Å². The maximum Gasteiger partial charge on any atom is 0.0583 e. The molecule has 1 fully saturated rings. The van der Waals surface area contributed by atoms with Gasteiger partial charge in [0.25, 0.3) is 0 Å². The van der Waals surface area contributed by atoms with E-state index >= 15 is 0 Å². The molecule has 1 aromatic rings. The van der Waals surface area contributed by atoms with Crippen LogP contribution in [0.25, 0.3) is 0 Å². The van der Waals surface area contributed by atoms with Crippen LogP contribution in [0.2, 0.25) is 0 Å². The Labute approximate surface area is 132 Å². The minimum atomic E-state index is 0.238. The van der Waals surface area contributed by atoms with E-state index in [1.54, 1.807) is 0 Å². The largest absolute Gasteiger partial charge is 0.289 e. The normalized spacial score (nSPS) is 25.8. The quantitative estimate of drug-likeness (QED) is 0.684. The van der Waals surface area contributed by atoms with Crippen molar-refractivity contribution < 1.29 is 0 Å². The summed E-state index contributed by atoms with van der Waals surface area (Å²) in [5.41, 5.74) is 3.19. The average molecular weight is 385 g/mol. The van der Waals surface area contributed by atoms with Gasteiger partial charge in [0.15, 0.2) is 0 Å². The van der Waals surface area contributed by atoms with Crippen LogP contribution >= 0.6 is 31.9 Å². The number of halogens is 2. The van der Waals surface area contributed by atoms with E-state index in [0.29, 0.717) is 6.04 Å². The lowest BCUT2D eigenvalue weighted by atomic mass is 9.75. The molecule has 0 aromatic heterocycles. The summed E-state index contributed by atoms with van der Waals surface area (Å²) in [4.78, 5) is 2.67. The number of benzene rings is 1. The van der Waals surface area contributed by atoms with Gasteiger partial charge in [-0.15, -0.1) is 0 Å². The minimum Gasteiger partial charge on any atom is -0.289 e. The molecule has 1 aromatic carbocycles. The van der Waals surface area contributed by atoms with Gasteiger partial charge in [0, 0.05) is 18.0 Å². The molecule has 0 radical (unpaired) electrons. The second kappa shape index (κ2) is 5.01. The van der Waals surface area contributed by atoms with Crippen LogP contribution in [0.15, 0.2) is 33.7 Å². The summed E-state index contributed by atoms with van der Waals surface area (Å²) in [5, 5.41) is 0. The van der Waals surface area contributed by atoms with E-state index < -0.39 is 0 Å². The lowest BCUT2D eigenvalue weighted by molar-refractivity contribution is 0.157. The molecule has 3 heteroatoms. The van der Waals surface area contributed by atoms with Crippen molar-refractivity contribution in [2.75, 3.05) is 6.54 Å². The second-order valence-corrected chi connectivity index (χ2v) is 9.05. The van der Waals surface area contributed by atoms with Gasteiger partial charge < -0.3 is 0 Å². The first-order valence-corrected chi connectivity index (χ1v) is 8.45. The lowest BCUT2D eigenvalue weighted by Crippen LogP contribution is -2.45. The van der Waals surface area contributed by atoms with Crippen LogP contribution in [0.3, 0.4) is 0 Å². The number of fused-ring (bicyclic) bond motifs is 1. The Bertz CT molecular complexity index is 513. The van der Waals surface area contributed by atoms with Crippen molar-refractivity contribution in [3.8, 4) is 0 Å². The van der Waals surface area contributed by atoms with Crippen LogP contribution in [-0.2, 0) is 5.41 Å². The molecule has 0 spiro atoms. The Balaban J connectivity index is 2.10. The van der Waals surface area contributed by atoms with Crippen LogP contribution in [0.5, 0.6) is 0 Å². The van der Waals surface area contributed by atoms with Crippen molar-refractivity contribution in [2.24, 2.45) is 0 Å². The molecule has 1 aliphatic heterocycles. The lowest BCUT2D eigenvalue weighted by Gasteiger charge is -2.44. The Morgan fingerprint density at radius 1 is 1.26 bits per heavy atom. The highest BCUT2D eigenvalue weighted by molar-refractivity contribution is 9.28. The standard InChI is InChI=1S/C16H19Br2N/c1-16(2)10-19(11-7-8-11)14(9-15(17)18)12-5-3-4-6-13(12)16/h3-6,9,11,14H,7-8,10H2,1-2H3. The highest BCUT2D eigenvalue weighted by atomic mass is 79.9. The Morgan fingerprint density at radius 3 is 2.58 bits per heavy atom. The highest BCUT2D eigenvalue weighted by Crippen LogP contribution is 2.46. The number of hydrogen-bond donors (Lipinski definition) is 0. The molecular formula is C16H19Br2N. The van der Waals surface area contributed by atoms with Gasteiger partial charge in [-0.25, -0.2) is 0 Å².